The molecule has 2 atom stereocenters. The van der Waals surface area contributed by atoms with Crippen molar-refractivity contribution in [3.05, 3.63) is 9.75 Å². The maximum Gasteiger partial charge on any atom is 0.176 e. The Morgan fingerprint density at radius 3 is 1.61 bits per heavy atom. The van der Waals surface area contributed by atoms with Crippen molar-refractivity contribution in [1.29, 1.82) is 0 Å². The van der Waals surface area contributed by atoms with Crippen molar-refractivity contribution in [3.8, 4) is 11.5 Å². The third-order valence-electron chi connectivity index (χ3n) is 6.44. The molecule has 0 aliphatic rings. The summed E-state index contributed by atoms with van der Waals surface area (Å²) in [7, 11) is 0. The number of hydrogen-bond donors (Lipinski definition) is 0. The molecule has 3 heteroatoms. The highest BCUT2D eigenvalue weighted by Gasteiger charge is 2.33. The summed E-state index contributed by atoms with van der Waals surface area (Å²) in [4.78, 5) is 2.72. The molecular weight excluding hydrogens is 400 g/mol. The van der Waals surface area contributed by atoms with Crippen LogP contribution in [0.3, 0.4) is 0 Å². The van der Waals surface area contributed by atoms with Gasteiger partial charge in [-0.2, -0.15) is 0 Å². The van der Waals surface area contributed by atoms with Crippen LogP contribution in [0.1, 0.15) is 149 Å². The van der Waals surface area contributed by atoms with Crippen LogP contribution in [0.15, 0.2) is 0 Å². The van der Waals surface area contributed by atoms with E-state index in [2.05, 4.69) is 62.3 Å². The Hall–Kier alpha value is -0.700. The van der Waals surface area contributed by atoms with Crippen molar-refractivity contribution >= 4 is 11.3 Å². The fraction of sp³-hybridized carbons (Fsp3) is 0.857. The molecule has 0 amide bonds. The molecule has 31 heavy (non-hydrogen) atoms. The summed E-state index contributed by atoms with van der Waals surface area (Å²) in [6.45, 7) is 20.5. The zero-order chi connectivity index (χ0) is 23.4. The average Bonchev–Trinajstić information content (AvgIpc) is 3.07. The fourth-order valence-electron chi connectivity index (χ4n) is 3.86. The SMILES string of the molecule is CCCCCCC(C)Oc1c(C(C)C)sc(C(C)(C)CC)c1OC(C)CCCCCC. The van der Waals surface area contributed by atoms with E-state index in [1.165, 1.54) is 61.1 Å². The molecule has 2 nitrogen and oxygen atoms in total. The first-order valence-corrected chi connectivity index (χ1v) is 14.0. The fourth-order valence-corrected chi connectivity index (χ4v) is 5.20. The summed E-state index contributed by atoms with van der Waals surface area (Å²) in [6.07, 6.45) is 14.1. The molecule has 2 unspecified atom stereocenters. The van der Waals surface area contributed by atoms with Crippen LogP contribution in [0.4, 0.5) is 0 Å². The van der Waals surface area contributed by atoms with Crippen LogP contribution in [0.5, 0.6) is 11.5 Å². The maximum absolute atomic E-state index is 6.71. The number of thiophene rings is 1. The number of rotatable bonds is 17. The summed E-state index contributed by atoms with van der Waals surface area (Å²) in [5.74, 6) is 2.53. The van der Waals surface area contributed by atoms with Crippen LogP contribution in [0, 0.1) is 0 Å². The lowest BCUT2D eigenvalue weighted by Gasteiger charge is -2.25. The molecule has 1 rings (SSSR count). The van der Waals surface area contributed by atoms with E-state index in [0.717, 1.165) is 30.8 Å². The Kier molecular flexibility index (Phi) is 13.2. The minimum absolute atomic E-state index is 0.0948. The molecule has 0 aliphatic carbocycles. The minimum atomic E-state index is 0.0948. The first-order valence-electron chi connectivity index (χ1n) is 13.2. The molecule has 182 valence electrons. The lowest BCUT2D eigenvalue weighted by molar-refractivity contribution is 0.165. The van der Waals surface area contributed by atoms with E-state index in [4.69, 9.17) is 9.47 Å². The van der Waals surface area contributed by atoms with Gasteiger partial charge in [0.05, 0.1) is 22.0 Å². The quantitative estimate of drug-likeness (QED) is 0.219. The highest BCUT2D eigenvalue weighted by molar-refractivity contribution is 7.13. The van der Waals surface area contributed by atoms with Gasteiger partial charge in [0.2, 0.25) is 0 Å². The average molecular weight is 453 g/mol. The van der Waals surface area contributed by atoms with Gasteiger partial charge < -0.3 is 9.47 Å². The van der Waals surface area contributed by atoms with Gasteiger partial charge in [0.15, 0.2) is 11.5 Å². The molecule has 1 aromatic rings. The monoisotopic (exact) mass is 452 g/mol. The van der Waals surface area contributed by atoms with Crippen LogP contribution >= 0.6 is 11.3 Å². The minimum Gasteiger partial charge on any atom is -0.486 e. The third-order valence-corrected chi connectivity index (χ3v) is 8.26. The molecule has 0 spiro atoms. The van der Waals surface area contributed by atoms with E-state index in [9.17, 15) is 0 Å². The number of unbranched alkanes of at least 4 members (excludes halogenated alkanes) is 6. The molecule has 1 heterocycles. The second-order valence-electron chi connectivity index (χ2n) is 10.4. The Bertz CT molecular complexity index is 602. The predicted molar refractivity (Wildman–Crippen MR) is 139 cm³/mol. The van der Waals surface area contributed by atoms with E-state index in [1.807, 2.05) is 11.3 Å². The second kappa shape index (κ2) is 14.4. The molecule has 0 fully saturated rings. The first-order chi connectivity index (χ1) is 14.7. The van der Waals surface area contributed by atoms with Gasteiger partial charge in [-0.05, 0) is 51.9 Å². The normalized spacial score (nSPS) is 14.1. The van der Waals surface area contributed by atoms with E-state index >= 15 is 0 Å². The third kappa shape index (κ3) is 9.36. The van der Waals surface area contributed by atoms with Gasteiger partial charge in [-0.3, -0.25) is 0 Å². The first kappa shape index (κ1) is 28.3. The van der Waals surface area contributed by atoms with Crippen molar-refractivity contribution in [2.75, 3.05) is 0 Å². The molecule has 0 aromatic carbocycles. The molecule has 0 saturated heterocycles. The smallest absolute Gasteiger partial charge is 0.176 e. The van der Waals surface area contributed by atoms with Gasteiger partial charge in [-0.1, -0.05) is 87.0 Å². The summed E-state index contributed by atoms with van der Waals surface area (Å²) in [5, 5.41) is 0. The zero-order valence-electron chi connectivity index (χ0n) is 22.2. The Labute approximate surface area is 198 Å². The van der Waals surface area contributed by atoms with E-state index in [0.29, 0.717) is 5.92 Å². The van der Waals surface area contributed by atoms with E-state index < -0.39 is 0 Å². The highest BCUT2D eigenvalue weighted by atomic mass is 32.1. The van der Waals surface area contributed by atoms with Crippen LogP contribution in [-0.2, 0) is 5.41 Å². The summed E-state index contributed by atoms with van der Waals surface area (Å²) in [6, 6.07) is 0. The van der Waals surface area contributed by atoms with E-state index in [-0.39, 0.29) is 17.6 Å². The number of hydrogen-bond acceptors (Lipinski definition) is 3. The summed E-state index contributed by atoms with van der Waals surface area (Å²) in [5.41, 5.74) is 0.0948. The molecule has 0 N–H and O–H groups in total. The van der Waals surface area contributed by atoms with Crippen LogP contribution < -0.4 is 9.47 Å². The molecular formula is C28H52O2S. The van der Waals surface area contributed by atoms with Crippen LogP contribution in [-0.4, -0.2) is 12.2 Å². The van der Waals surface area contributed by atoms with Gasteiger partial charge in [0.1, 0.15) is 0 Å². The maximum atomic E-state index is 6.71. The Morgan fingerprint density at radius 1 is 0.710 bits per heavy atom. The van der Waals surface area contributed by atoms with E-state index in [1.54, 1.807) is 0 Å². The van der Waals surface area contributed by atoms with Crippen molar-refractivity contribution < 1.29 is 9.47 Å². The molecule has 0 aliphatic heterocycles. The Balaban J connectivity index is 3.13. The highest BCUT2D eigenvalue weighted by Crippen LogP contribution is 2.52. The van der Waals surface area contributed by atoms with Gasteiger partial charge in [0, 0.05) is 5.41 Å². The molecule has 0 radical (unpaired) electrons. The summed E-state index contributed by atoms with van der Waals surface area (Å²) >= 11 is 1.92. The van der Waals surface area contributed by atoms with Crippen molar-refractivity contribution in [1.82, 2.24) is 0 Å². The van der Waals surface area contributed by atoms with Gasteiger partial charge in [-0.25, -0.2) is 0 Å². The predicted octanol–water partition coefficient (Wildman–Crippen LogP) is 10.0. The second-order valence-corrected chi connectivity index (χ2v) is 11.5. The largest absolute Gasteiger partial charge is 0.486 e. The van der Waals surface area contributed by atoms with Crippen molar-refractivity contribution in [2.24, 2.45) is 0 Å². The van der Waals surface area contributed by atoms with Gasteiger partial charge in [-0.15, -0.1) is 11.3 Å². The molecule has 0 saturated carbocycles. The topological polar surface area (TPSA) is 18.5 Å². The molecule has 1 aromatic heterocycles. The van der Waals surface area contributed by atoms with Crippen molar-refractivity contribution in [2.45, 2.75) is 156 Å². The van der Waals surface area contributed by atoms with Crippen LogP contribution in [0.25, 0.3) is 0 Å². The molecule has 0 bridgehead atoms. The lowest BCUT2D eigenvalue weighted by Crippen LogP contribution is -2.19. The summed E-state index contributed by atoms with van der Waals surface area (Å²) < 4.78 is 13.4. The Morgan fingerprint density at radius 2 is 1.19 bits per heavy atom. The standard InChI is InChI=1S/C28H52O2S/c1-10-13-15-17-19-22(6)29-24-25(30-23(7)20-18-16-14-11-2)27(28(8,9)12-3)31-26(24)21(4)5/h21-23H,10-20H2,1-9H3. The van der Waals surface area contributed by atoms with Crippen molar-refractivity contribution in [3.63, 3.8) is 0 Å². The van der Waals surface area contributed by atoms with Crippen LogP contribution in [0.2, 0.25) is 0 Å². The lowest BCUT2D eigenvalue weighted by atomic mass is 9.88. The number of ether oxygens (including phenoxy) is 2. The zero-order valence-corrected chi connectivity index (χ0v) is 23.1. The van der Waals surface area contributed by atoms with Gasteiger partial charge in [0.25, 0.3) is 0 Å². The van der Waals surface area contributed by atoms with Gasteiger partial charge >= 0.3 is 0 Å².